The zero-order valence-corrected chi connectivity index (χ0v) is 10.7. The fourth-order valence-electron chi connectivity index (χ4n) is 2.29. The number of ether oxygens (including phenoxy) is 1. The Labute approximate surface area is 112 Å². The van der Waals surface area contributed by atoms with Gasteiger partial charge in [0.2, 0.25) is 0 Å². The highest BCUT2D eigenvalue weighted by Crippen LogP contribution is 2.29. The van der Waals surface area contributed by atoms with Crippen LogP contribution in [0.4, 0.5) is 5.69 Å². The van der Waals surface area contributed by atoms with Crippen LogP contribution >= 0.6 is 0 Å². The summed E-state index contributed by atoms with van der Waals surface area (Å²) in [6, 6.07) is 15.0. The van der Waals surface area contributed by atoms with E-state index in [1.165, 1.54) is 0 Å². The lowest BCUT2D eigenvalue weighted by Gasteiger charge is -2.06. The molecule has 0 aromatic heterocycles. The van der Waals surface area contributed by atoms with Gasteiger partial charge in [-0.1, -0.05) is 18.2 Å². The van der Waals surface area contributed by atoms with Crippen LogP contribution in [0.2, 0.25) is 0 Å². The number of carbonyl (C=O) groups excluding carboxylic acids is 1. The summed E-state index contributed by atoms with van der Waals surface area (Å²) in [5, 5.41) is 2.88. The van der Waals surface area contributed by atoms with Crippen LogP contribution in [0.1, 0.15) is 22.8 Å². The Morgan fingerprint density at radius 2 is 2.00 bits per heavy atom. The molecule has 0 aliphatic carbocycles. The first-order chi connectivity index (χ1) is 9.22. The largest absolute Gasteiger partial charge is 0.490 e. The second kappa shape index (κ2) is 4.76. The van der Waals surface area contributed by atoms with E-state index in [4.69, 9.17) is 4.74 Å². The fourth-order valence-corrected chi connectivity index (χ4v) is 2.29. The van der Waals surface area contributed by atoms with Gasteiger partial charge in [-0.3, -0.25) is 4.79 Å². The first-order valence-electron chi connectivity index (χ1n) is 6.38. The number of amides is 1. The van der Waals surface area contributed by atoms with Crippen molar-refractivity contribution in [1.29, 1.82) is 0 Å². The highest BCUT2D eigenvalue weighted by molar-refractivity contribution is 6.04. The van der Waals surface area contributed by atoms with Gasteiger partial charge in [0.15, 0.2) is 0 Å². The van der Waals surface area contributed by atoms with E-state index in [0.717, 1.165) is 23.4 Å². The van der Waals surface area contributed by atoms with Gasteiger partial charge in [0, 0.05) is 17.7 Å². The first-order valence-corrected chi connectivity index (χ1v) is 6.38. The molecule has 0 spiro atoms. The Balaban J connectivity index is 1.80. The summed E-state index contributed by atoms with van der Waals surface area (Å²) in [5.74, 6) is 0.803. The molecule has 3 rings (SSSR count). The third-order valence-electron chi connectivity index (χ3n) is 3.19. The lowest BCUT2D eigenvalue weighted by Crippen LogP contribution is -2.11. The zero-order chi connectivity index (χ0) is 13.2. The minimum Gasteiger partial charge on any atom is -0.490 e. The number of benzene rings is 2. The van der Waals surface area contributed by atoms with Crippen molar-refractivity contribution in [1.82, 2.24) is 0 Å². The van der Waals surface area contributed by atoms with Crippen molar-refractivity contribution >= 4 is 11.6 Å². The third kappa shape index (κ3) is 2.45. The van der Waals surface area contributed by atoms with Crippen molar-refractivity contribution in [2.24, 2.45) is 0 Å². The molecule has 1 atom stereocenters. The predicted molar refractivity (Wildman–Crippen MR) is 74.6 cm³/mol. The quantitative estimate of drug-likeness (QED) is 0.892. The summed E-state index contributed by atoms with van der Waals surface area (Å²) in [7, 11) is 0. The van der Waals surface area contributed by atoms with E-state index in [1.807, 2.05) is 49.4 Å². The Kier molecular flexibility index (Phi) is 2.95. The zero-order valence-electron chi connectivity index (χ0n) is 10.7. The summed E-state index contributed by atoms with van der Waals surface area (Å²) < 4.78 is 5.63. The maximum atomic E-state index is 12.1. The van der Waals surface area contributed by atoms with Gasteiger partial charge in [0.1, 0.15) is 11.9 Å². The van der Waals surface area contributed by atoms with Gasteiger partial charge >= 0.3 is 0 Å². The number of fused-ring (bicyclic) bond motifs is 1. The summed E-state index contributed by atoms with van der Waals surface area (Å²) in [6.45, 7) is 2.03. The van der Waals surface area contributed by atoms with Crippen molar-refractivity contribution in [3.8, 4) is 5.75 Å². The molecule has 2 aromatic rings. The number of anilines is 1. The maximum Gasteiger partial charge on any atom is 0.255 e. The fraction of sp³-hybridized carbons (Fsp3) is 0.188. The van der Waals surface area contributed by atoms with Crippen LogP contribution in [0, 0.1) is 0 Å². The molecule has 3 nitrogen and oxygen atoms in total. The number of para-hydroxylation sites is 1. The Morgan fingerprint density at radius 1 is 1.21 bits per heavy atom. The molecule has 3 heteroatoms. The Morgan fingerprint density at radius 3 is 2.79 bits per heavy atom. The second-order valence-corrected chi connectivity index (χ2v) is 4.78. The van der Waals surface area contributed by atoms with Gasteiger partial charge in [-0.25, -0.2) is 0 Å². The number of nitrogens with one attached hydrogen (secondary N) is 1. The number of rotatable bonds is 2. The van der Waals surface area contributed by atoms with E-state index < -0.39 is 0 Å². The molecular formula is C16H15NO2. The maximum absolute atomic E-state index is 12.1. The average Bonchev–Trinajstić information content (AvgIpc) is 2.78. The summed E-state index contributed by atoms with van der Waals surface area (Å²) in [5.41, 5.74) is 2.58. The van der Waals surface area contributed by atoms with E-state index >= 15 is 0 Å². The molecule has 1 heterocycles. The number of hydrogen-bond acceptors (Lipinski definition) is 2. The molecule has 19 heavy (non-hydrogen) atoms. The van der Waals surface area contributed by atoms with Gasteiger partial charge in [-0.2, -0.15) is 0 Å². The summed E-state index contributed by atoms with van der Waals surface area (Å²) in [6.07, 6.45) is 1.06. The molecule has 0 saturated carbocycles. The lowest BCUT2D eigenvalue weighted by molar-refractivity contribution is 0.102. The van der Waals surface area contributed by atoms with Crippen LogP contribution < -0.4 is 10.1 Å². The standard InChI is InChI=1S/C16H15NO2/c1-11-9-13-10-12(7-8-15(13)19-11)16(18)17-14-5-3-2-4-6-14/h2-8,10-11H,9H2,1H3,(H,17,18)/t11-/m1/s1. The van der Waals surface area contributed by atoms with Gasteiger partial charge in [-0.05, 0) is 42.8 Å². The van der Waals surface area contributed by atoms with Crippen LogP contribution in [0.25, 0.3) is 0 Å². The van der Waals surface area contributed by atoms with Crippen molar-refractivity contribution in [2.75, 3.05) is 5.32 Å². The summed E-state index contributed by atoms with van der Waals surface area (Å²) in [4.78, 5) is 12.1. The van der Waals surface area contributed by atoms with Crippen molar-refractivity contribution in [3.05, 3.63) is 59.7 Å². The topological polar surface area (TPSA) is 38.3 Å². The van der Waals surface area contributed by atoms with Gasteiger partial charge in [0.05, 0.1) is 0 Å². The molecule has 1 N–H and O–H groups in total. The Hall–Kier alpha value is -2.29. The first kappa shape index (κ1) is 11.8. The van der Waals surface area contributed by atoms with Gasteiger partial charge < -0.3 is 10.1 Å². The SMILES string of the molecule is C[C@@H]1Cc2cc(C(=O)Nc3ccccc3)ccc2O1. The molecule has 96 valence electrons. The monoisotopic (exact) mass is 253 g/mol. The molecule has 1 aliphatic heterocycles. The molecule has 0 radical (unpaired) electrons. The highest BCUT2D eigenvalue weighted by Gasteiger charge is 2.20. The van der Waals surface area contributed by atoms with Crippen LogP contribution in [0.5, 0.6) is 5.75 Å². The number of carbonyl (C=O) groups is 1. The Bertz CT molecular complexity index is 607. The molecule has 0 fully saturated rings. The smallest absolute Gasteiger partial charge is 0.255 e. The van der Waals surface area contributed by atoms with Gasteiger partial charge in [-0.15, -0.1) is 0 Å². The normalized spacial score (nSPS) is 16.6. The van der Waals surface area contributed by atoms with E-state index in [0.29, 0.717) is 5.56 Å². The minimum absolute atomic E-state index is 0.0893. The third-order valence-corrected chi connectivity index (χ3v) is 3.19. The van der Waals surface area contributed by atoms with Crippen molar-refractivity contribution in [2.45, 2.75) is 19.4 Å². The molecule has 0 bridgehead atoms. The van der Waals surface area contributed by atoms with Crippen LogP contribution in [-0.4, -0.2) is 12.0 Å². The molecular weight excluding hydrogens is 238 g/mol. The van der Waals surface area contributed by atoms with Crippen LogP contribution in [-0.2, 0) is 6.42 Å². The molecule has 0 saturated heterocycles. The summed E-state index contributed by atoms with van der Waals surface area (Å²) >= 11 is 0. The van der Waals surface area contributed by atoms with Crippen LogP contribution in [0.3, 0.4) is 0 Å². The van der Waals surface area contributed by atoms with E-state index in [2.05, 4.69) is 5.32 Å². The van der Waals surface area contributed by atoms with Gasteiger partial charge in [0.25, 0.3) is 5.91 Å². The van der Waals surface area contributed by atoms with E-state index in [-0.39, 0.29) is 12.0 Å². The highest BCUT2D eigenvalue weighted by atomic mass is 16.5. The molecule has 0 unspecified atom stereocenters. The molecule has 1 aliphatic rings. The lowest BCUT2D eigenvalue weighted by atomic mass is 10.1. The van der Waals surface area contributed by atoms with E-state index in [1.54, 1.807) is 6.07 Å². The number of hydrogen-bond donors (Lipinski definition) is 1. The second-order valence-electron chi connectivity index (χ2n) is 4.78. The van der Waals surface area contributed by atoms with E-state index in [9.17, 15) is 4.79 Å². The van der Waals surface area contributed by atoms with Crippen molar-refractivity contribution in [3.63, 3.8) is 0 Å². The predicted octanol–water partition coefficient (Wildman–Crippen LogP) is 3.26. The van der Waals surface area contributed by atoms with Crippen molar-refractivity contribution < 1.29 is 9.53 Å². The minimum atomic E-state index is -0.0893. The van der Waals surface area contributed by atoms with Crippen LogP contribution in [0.15, 0.2) is 48.5 Å². The average molecular weight is 253 g/mol. The molecule has 2 aromatic carbocycles. The molecule has 1 amide bonds.